The smallest absolute Gasteiger partial charge is 0.258 e. The predicted molar refractivity (Wildman–Crippen MR) is 48.3 cm³/mol. The van der Waals surface area contributed by atoms with E-state index in [0.29, 0.717) is 5.69 Å². The topological polar surface area (TPSA) is 56.0 Å². The quantitative estimate of drug-likeness (QED) is 0.438. The highest BCUT2D eigenvalue weighted by atomic mass is 79.9. The third-order valence-corrected chi connectivity index (χ3v) is 2.51. The molecule has 1 heterocycles. The highest BCUT2D eigenvalue weighted by Gasteiger charge is 2.16. The minimum Gasteiger partial charge on any atom is -0.258 e. The minimum atomic E-state index is -0.509. The van der Waals surface area contributed by atoms with E-state index < -0.39 is 4.92 Å². The van der Waals surface area contributed by atoms with E-state index >= 15 is 0 Å². The summed E-state index contributed by atoms with van der Waals surface area (Å²) in [6.07, 6.45) is 0. The maximum Gasteiger partial charge on any atom is 0.288 e. The van der Waals surface area contributed by atoms with Gasteiger partial charge in [-0.3, -0.25) is 10.1 Å². The van der Waals surface area contributed by atoms with E-state index in [-0.39, 0.29) is 15.3 Å². The molecule has 4 nitrogen and oxygen atoms in total. The van der Waals surface area contributed by atoms with E-state index in [1.807, 2.05) is 0 Å². The summed E-state index contributed by atoms with van der Waals surface area (Å²) >= 11 is 8.58. The van der Waals surface area contributed by atoms with Gasteiger partial charge >= 0.3 is 0 Å². The molecule has 1 aromatic heterocycles. The molecular formula is C6H4BrClN2O2. The summed E-state index contributed by atoms with van der Waals surface area (Å²) in [5, 5.41) is 10.5. The average Bonchev–Trinajstić information content (AvgIpc) is 1.96. The summed E-state index contributed by atoms with van der Waals surface area (Å²) in [7, 11) is 0. The molecule has 64 valence electrons. The second-order valence-electron chi connectivity index (χ2n) is 2.14. The Kier molecular flexibility index (Phi) is 2.64. The van der Waals surface area contributed by atoms with Crippen LogP contribution in [-0.2, 0) is 0 Å². The summed E-state index contributed by atoms with van der Waals surface area (Å²) in [4.78, 5) is 13.7. The lowest BCUT2D eigenvalue weighted by atomic mass is 10.3. The van der Waals surface area contributed by atoms with Crippen LogP contribution in [0.3, 0.4) is 0 Å². The summed E-state index contributed by atoms with van der Waals surface area (Å²) in [5.74, 6) is 0. The number of rotatable bonds is 1. The fourth-order valence-corrected chi connectivity index (χ4v) is 1.31. The molecule has 1 rings (SSSR count). The molecule has 0 fully saturated rings. The van der Waals surface area contributed by atoms with Gasteiger partial charge < -0.3 is 0 Å². The number of hydrogen-bond donors (Lipinski definition) is 0. The van der Waals surface area contributed by atoms with Gasteiger partial charge in [-0.15, -0.1) is 0 Å². The highest BCUT2D eigenvalue weighted by molar-refractivity contribution is 9.10. The molecule has 0 aliphatic carbocycles. The largest absolute Gasteiger partial charge is 0.288 e. The summed E-state index contributed by atoms with van der Waals surface area (Å²) in [6, 6.07) is 1.36. The fraction of sp³-hybridized carbons (Fsp3) is 0.167. The van der Waals surface area contributed by atoms with Gasteiger partial charge in [-0.25, -0.2) is 4.98 Å². The van der Waals surface area contributed by atoms with Crippen LogP contribution in [0.2, 0.25) is 5.15 Å². The second kappa shape index (κ2) is 3.37. The second-order valence-corrected chi connectivity index (χ2v) is 3.30. The molecule has 0 unspecified atom stereocenters. The zero-order valence-electron chi connectivity index (χ0n) is 6.04. The molecule has 0 aromatic carbocycles. The van der Waals surface area contributed by atoms with Crippen molar-refractivity contribution in [3.05, 3.63) is 31.5 Å². The number of nitro groups is 1. The molecule has 0 aliphatic rings. The lowest BCUT2D eigenvalue weighted by Gasteiger charge is -1.98. The molecule has 0 saturated heterocycles. The van der Waals surface area contributed by atoms with Gasteiger partial charge in [0, 0.05) is 11.8 Å². The Balaban J connectivity index is 3.37. The van der Waals surface area contributed by atoms with E-state index in [4.69, 9.17) is 11.6 Å². The Bertz CT molecular complexity index is 343. The monoisotopic (exact) mass is 250 g/mol. The van der Waals surface area contributed by atoms with Crippen LogP contribution in [0.15, 0.2) is 10.5 Å². The Morgan fingerprint density at radius 2 is 2.33 bits per heavy atom. The van der Waals surface area contributed by atoms with Crippen molar-refractivity contribution in [1.82, 2.24) is 4.98 Å². The third-order valence-electron chi connectivity index (χ3n) is 1.22. The van der Waals surface area contributed by atoms with Crippen molar-refractivity contribution >= 4 is 33.2 Å². The van der Waals surface area contributed by atoms with Gasteiger partial charge in [0.25, 0.3) is 5.69 Å². The van der Waals surface area contributed by atoms with Crippen LogP contribution >= 0.6 is 27.5 Å². The first-order valence-corrected chi connectivity index (χ1v) is 4.16. The summed E-state index contributed by atoms with van der Waals surface area (Å²) < 4.78 is 0.222. The van der Waals surface area contributed by atoms with Crippen LogP contribution < -0.4 is 0 Å². The molecule has 0 N–H and O–H groups in total. The van der Waals surface area contributed by atoms with E-state index in [1.165, 1.54) is 6.07 Å². The molecule has 0 spiro atoms. The molecule has 0 aliphatic heterocycles. The van der Waals surface area contributed by atoms with Gasteiger partial charge in [0.15, 0.2) is 0 Å². The highest BCUT2D eigenvalue weighted by Crippen LogP contribution is 2.30. The summed E-state index contributed by atoms with van der Waals surface area (Å²) in [6.45, 7) is 1.64. The molecule has 0 atom stereocenters. The van der Waals surface area contributed by atoms with Crippen molar-refractivity contribution in [2.45, 2.75) is 6.92 Å². The average molecular weight is 251 g/mol. The van der Waals surface area contributed by atoms with Gasteiger partial charge in [-0.05, 0) is 22.9 Å². The lowest BCUT2D eigenvalue weighted by molar-refractivity contribution is -0.385. The molecule has 0 amide bonds. The van der Waals surface area contributed by atoms with E-state index in [2.05, 4.69) is 20.9 Å². The van der Waals surface area contributed by atoms with Crippen LogP contribution in [0.1, 0.15) is 5.69 Å². The van der Waals surface area contributed by atoms with Crippen LogP contribution in [-0.4, -0.2) is 9.91 Å². The first kappa shape index (κ1) is 9.41. The predicted octanol–water partition coefficient (Wildman–Crippen LogP) is 2.71. The Morgan fingerprint density at radius 3 is 2.83 bits per heavy atom. The minimum absolute atomic E-state index is 0.0625. The molecule has 1 aromatic rings. The fourth-order valence-electron chi connectivity index (χ4n) is 0.736. The molecule has 0 saturated carbocycles. The Labute approximate surface area is 81.8 Å². The molecule has 0 bridgehead atoms. The number of pyridine rings is 1. The molecule has 12 heavy (non-hydrogen) atoms. The number of nitrogens with zero attached hydrogens (tertiary/aromatic N) is 2. The van der Waals surface area contributed by atoms with Gasteiger partial charge in [0.1, 0.15) is 9.63 Å². The number of halogens is 2. The molecule has 6 heteroatoms. The Hall–Kier alpha value is -0.680. The van der Waals surface area contributed by atoms with Crippen LogP contribution in [0.25, 0.3) is 0 Å². The van der Waals surface area contributed by atoms with Crippen LogP contribution in [0.5, 0.6) is 0 Å². The number of aryl methyl sites for hydroxylation is 1. The van der Waals surface area contributed by atoms with Crippen molar-refractivity contribution in [2.24, 2.45) is 0 Å². The van der Waals surface area contributed by atoms with E-state index in [9.17, 15) is 10.1 Å². The standard InChI is InChI=1S/C6H4BrClN2O2/c1-3-2-4(10(11)12)5(7)6(8)9-3/h2H,1H3. The maximum absolute atomic E-state index is 10.4. The zero-order chi connectivity index (χ0) is 9.30. The van der Waals surface area contributed by atoms with Crippen molar-refractivity contribution < 1.29 is 4.92 Å². The maximum atomic E-state index is 10.4. The Morgan fingerprint density at radius 1 is 1.75 bits per heavy atom. The first-order valence-electron chi connectivity index (χ1n) is 2.99. The SMILES string of the molecule is Cc1cc([N+](=O)[O-])c(Br)c(Cl)n1. The molecular weight excluding hydrogens is 247 g/mol. The van der Waals surface area contributed by atoms with Crippen molar-refractivity contribution in [2.75, 3.05) is 0 Å². The number of aromatic nitrogens is 1. The summed E-state index contributed by atoms with van der Waals surface area (Å²) in [5.41, 5.74) is 0.461. The number of hydrogen-bond acceptors (Lipinski definition) is 3. The third kappa shape index (κ3) is 1.73. The first-order chi connectivity index (χ1) is 5.52. The zero-order valence-corrected chi connectivity index (χ0v) is 8.39. The van der Waals surface area contributed by atoms with Crippen LogP contribution in [0, 0.1) is 17.0 Å². The normalized spacial score (nSPS) is 9.92. The van der Waals surface area contributed by atoms with E-state index in [1.54, 1.807) is 6.92 Å². The van der Waals surface area contributed by atoms with Gasteiger partial charge in [0.05, 0.1) is 4.92 Å². The van der Waals surface area contributed by atoms with Gasteiger partial charge in [-0.1, -0.05) is 11.6 Å². The lowest BCUT2D eigenvalue weighted by Crippen LogP contribution is -1.93. The van der Waals surface area contributed by atoms with Crippen molar-refractivity contribution in [3.63, 3.8) is 0 Å². The van der Waals surface area contributed by atoms with Crippen molar-refractivity contribution in [3.8, 4) is 0 Å². The van der Waals surface area contributed by atoms with Crippen molar-refractivity contribution in [1.29, 1.82) is 0 Å². The van der Waals surface area contributed by atoms with Crippen LogP contribution in [0.4, 0.5) is 5.69 Å². The van der Waals surface area contributed by atoms with Gasteiger partial charge in [-0.2, -0.15) is 0 Å². The van der Waals surface area contributed by atoms with Gasteiger partial charge in [0.2, 0.25) is 0 Å². The van der Waals surface area contributed by atoms with E-state index in [0.717, 1.165) is 0 Å². The molecule has 0 radical (unpaired) electrons.